The molecule has 0 bridgehead atoms. The van der Waals surface area contributed by atoms with Crippen LogP contribution >= 0.6 is 0 Å². The zero-order chi connectivity index (χ0) is 14.2. The molecule has 1 atom stereocenters. The Bertz CT molecular complexity index is 450. The molecule has 0 aliphatic rings. The molecule has 0 saturated heterocycles. The fourth-order valence-corrected chi connectivity index (χ4v) is 0.693. The summed E-state index contributed by atoms with van der Waals surface area (Å²) in [4.78, 5) is 0. The van der Waals surface area contributed by atoms with Gasteiger partial charge in [0.25, 0.3) is 0 Å². The monoisotopic (exact) mass is 173 g/mol. The molecule has 3 nitrogen and oxygen atoms in total. The van der Waals surface area contributed by atoms with Crippen LogP contribution < -0.4 is 5.32 Å². The lowest BCUT2D eigenvalue weighted by atomic mass is 10.1. The van der Waals surface area contributed by atoms with Crippen molar-refractivity contribution in [3.63, 3.8) is 0 Å². The fourth-order valence-electron chi connectivity index (χ4n) is 0.693. The number of nitrogens with one attached hydrogen (secondary N) is 1. The lowest BCUT2D eigenvalue weighted by Gasteiger charge is -2.09. The van der Waals surface area contributed by atoms with Crippen LogP contribution in [0.2, 0.25) is 0 Å². The van der Waals surface area contributed by atoms with Gasteiger partial charge in [0.2, 0.25) is 0 Å². The Balaban J connectivity index is 3.52. The van der Waals surface area contributed by atoms with E-state index < -0.39 is 48.1 Å². The van der Waals surface area contributed by atoms with Gasteiger partial charge in [-0.1, -0.05) is 12.1 Å². The van der Waals surface area contributed by atoms with Gasteiger partial charge in [-0.2, -0.15) is 0 Å². The molecule has 0 saturated carbocycles. The number of aliphatic hydroxyl groups excluding tert-OH is 1. The maximum atomic E-state index is 9.82. The first-order chi connectivity index (χ1) is 8.15. The molecule has 0 spiro atoms. The molecule has 0 amide bonds. The second kappa shape index (κ2) is 4.09. The van der Waals surface area contributed by atoms with Crippen molar-refractivity contribution in [2.75, 3.05) is 13.5 Å². The molecule has 1 rings (SSSR count). The van der Waals surface area contributed by atoms with Crippen molar-refractivity contribution in [3.8, 4) is 5.75 Å². The van der Waals surface area contributed by atoms with Crippen molar-refractivity contribution in [2.24, 2.45) is 0 Å². The van der Waals surface area contributed by atoms with Gasteiger partial charge in [0.1, 0.15) is 5.75 Å². The Morgan fingerprint density at radius 1 is 1.75 bits per heavy atom. The Labute approximate surface area is 80.1 Å². The van der Waals surface area contributed by atoms with E-state index in [1.54, 1.807) is 0 Å². The summed E-state index contributed by atoms with van der Waals surface area (Å²) in [6.07, 6.45) is -1.90. The third kappa shape index (κ3) is 2.22. The highest BCUT2D eigenvalue weighted by atomic mass is 16.3. The predicted molar refractivity (Wildman–Crippen MR) is 47.0 cm³/mol. The van der Waals surface area contributed by atoms with Crippen LogP contribution in [0.3, 0.4) is 0 Å². The maximum Gasteiger partial charge on any atom is 0.115 e. The van der Waals surface area contributed by atoms with E-state index >= 15 is 0 Å². The first-order valence-electron chi connectivity index (χ1n) is 6.31. The number of aliphatic hydroxyl groups is 1. The molecule has 3 heteroatoms. The van der Waals surface area contributed by atoms with E-state index in [9.17, 15) is 10.2 Å². The summed E-state index contributed by atoms with van der Waals surface area (Å²) in [7, 11) is 1.25. The largest absolute Gasteiger partial charge is 0.508 e. The van der Waals surface area contributed by atoms with E-state index in [2.05, 4.69) is 5.32 Å². The molecule has 66 valence electrons. The molecule has 3 N–H and O–H groups in total. The number of benzene rings is 1. The van der Waals surface area contributed by atoms with Crippen LogP contribution in [0.4, 0.5) is 0 Å². The summed E-state index contributed by atoms with van der Waals surface area (Å²) < 4.78 is 44.7. The minimum absolute atomic E-state index is 0.521. The first kappa shape index (κ1) is 3.77. The molecule has 12 heavy (non-hydrogen) atoms. The van der Waals surface area contributed by atoms with Crippen LogP contribution in [-0.4, -0.2) is 23.8 Å². The second-order valence-corrected chi connectivity index (χ2v) is 2.06. The minimum Gasteiger partial charge on any atom is -0.508 e. The van der Waals surface area contributed by atoms with Gasteiger partial charge in [-0.3, -0.25) is 0 Å². The third-order valence-electron chi connectivity index (χ3n) is 1.19. The Kier molecular flexibility index (Phi) is 1.28. The lowest BCUT2D eigenvalue weighted by Crippen LogP contribution is -2.16. The number of aromatic hydroxyl groups is 1. The van der Waals surface area contributed by atoms with Crippen LogP contribution in [0, 0.1) is 0 Å². The molecule has 0 fully saturated rings. The van der Waals surface area contributed by atoms with Crippen LogP contribution in [0.15, 0.2) is 24.2 Å². The van der Waals surface area contributed by atoms with Gasteiger partial charge >= 0.3 is 0 Å². The van der Waals surface area contributed by atoms with Gasteiger partial charge < -0.3 is 15.5 Å². The smallest absolute Gasteiger partial charge is 0.115 e. The van der Waals surface area contributed by atoms with Crippen molar-refractivity contribution in [3.05, 3.63) is 29.7 Å². The zero-order valence-electron chi connectivity index (χ0n) is 12.5. The van der Waals surface area contributed by atoms with E-state index in [1.165, 1.54) is 7.05 Å². The Morgan fingerprint density at radius 3 is 3.17 bits per heavy atom. The summed E-state index contributed by atoms with van der Waals surface area (Å²) in [6.45, 7) is -2.33. The number of hydrogen-bond acceptors (Lipinski definition) is 3. The zero-order valence-corrected chi connectivity index (χ0v) is 6.47. The van der Waals surface area contributed by atoms with Gasteiger partial charge in [-0.05, 0) is 24.7 Å². The van der Waals surface area contributed by atoms with E-state index in [1.807, 2.05) is 0 Å². The van der Waals surface area contributed by atoms with Gasteiger partial charge in [0.05, 0.1) is 11.6 Å². The molecular formula is C9H13NO2. The van der Waals surface area contributed by atoms with Crippen LogP contribution in [0.25, 0.3) is 0 Å². The lowest BCUT2D eigenvalue weighted by molar-refractivity contribution is 0.177. The highest BCUT2D eigenvalue weighted by molar-refractivity contribution is 5.28. The minimum atomic E-state index is -2.33. The van der Waals surface area contributed by atoms with E-state index in [-0.39, 0.29) is 0 Å². The van der Waals surface area contributed by atoms with Gasteiger partial charge in [0, 0.05) is 9.24 Å². The predicted octanol–water partition coefficient (Wildman–Crippen LogP) is 0.645. The first-order valence-corrected chi connectivity index (χ1v) is 3.31. The van der Waals surface area contributed by atoms with Gasteiger partial charge in [-0.25, -0.2) is 0 Å². The van der Waals surface area contributed by atoms with E-state index in [4.69, 9.17) is 8.22 Å². The van der Waals surface area contributed by atoms with Crippen molar-refractivity contribution >= 4 is 0 Å². The molecule has 1 aromatic rings. The summed E-state index contributed by atoms with van der Waals surface area (Å²) in [5.74, 6) is -0.850. The standard InChI is InChI=1S/C9H13NO2/c1-10-6-9(12)7-3-2-4-8(11)5-7/h2-5,9-12H,6H2,1H3/t9-/m0/s1/i2D,3D,4D,5D,6D2. The molecule has 1 aromatic carbocycles. The van der Waals surface area contributed by atoms with Crippen molar-refractivity contribution in [1.82, 2.24) is 5.32 Å². The van der Waals surface area contributed by atoms with Gasteiger partial charge in [-0.15, -0.1) is 0 Å². The number of rotatable bonds is 3. The Morgan fingerprint density at radius 2 is 2.50 bits per heavy atom. The topological polar surface area (TPSA) is 52.5 Å². The maximum absolute atomic E-state index is 9.82. The number of phenols is 1. The molecule has 0 radical (unpaired) electrons. The molecule has 0 aliphatic heterocycles. The summed E-state index contributed by atoms with van der Waals surface area (Å²) in [6, 6.07) is -2.71. The van der Waals surface area contributed by atoms with Crippen molar-refractivity contribution < 1.29 is 18.4 Å². The third-order valence-corrected chi connectivity index (χ3v) is 1.19. The fraction of sp³-hybridized carbons (Fsp3) is 0.333. The van der Waals surface area contributed by atoms with E-state index in [0.29, 0.717) is 0 Å². The second-order valence-electron chi connectivity index (χ2n) is 2.06. The molecule has 0 aromatic heterocycles. The average Bonchev–Trinajstić information content (AvgIpc) is 2.34. The van der Waals surface area contributed by atoms with Crippen LogP contribution in [0.1, 0.15) is 19.9 Å². The highest BCUT2D eigenvalue weighted by Crippen LogP contribution is 2.17. The van der Waals surface area contributed by atoms with Gasteiger partial charge in [0.15, 0.2) is 0 Å². The summed E-state index contributed by atoms with van der Waals surface area (Å²) >= 11 is 0. The number of hydrogen-bond donors (Lipinski definition) is 3. The van der Waals surface area contributed by atoms with E-state index in [0.717, 1.165) is 0 Å². The molecular weight excluding hydrogens is 154 g/mol. The normalized spacial score (nSPS) is 21.2. The summed E-state index contributed by atoms with van der Waals surface area (Å²) in [5.41, 5.74) is -0.521. The summed E-state index contributed by atoms with van der Waals surface area (Å²) in [5, 5.41) is 21.4. The average molecular weight is 173 g/mol. The van der Waals surface area contributed by atoms with Crippen molar-refractivity contribution in [2.45, 2.75) is 6.10 Å². The number of likely N-dealkylation sites (N-methyl/N-ethyl adjacent to an activating group) is 1. The Hall–Kier alpha value is -1.06. The van der Waals surface area contributed by atoms with Crippen LogP contribution in [-0.2, 0) is 0 Å². The number of phenolic OH excluding ortho intramolecular Hbond substituents is 1. The van der Waals surface area contributed by atoms with Crippen LogP contribution in [0.5, 0.6) is 5.75 Å². The quantitative estimate of drug-likeness (QED) is 0.629. The van der Waals surface area contributed by atoms with Crippen molar-refractivity contribution in [1.29, 1.82) is 0 Å². The molecule has 0 aliphatic carbocycles. The molecule has 0 unspecified atom stereocenters. The highest BCUT2D eigenvalue weighted by Gasteiger charge is 2.05. The molecule has 0 heterocycles. The SMILES string of the molecule is [2H]c1c([2H])c(O)c([2H])c([C@@H](O)C([2H])([2H])NC)c1[2H].